The fourth-order valence-electron chi connectivity index (χ4n) is 2.14. The molecule has 0 saturated heterocycles. The van der Waals surface area contributed by atoms with Crippen LogP contribution in [0.2, 0.25) is 0 Å². The molecule has 0 bridgehead atoms. The first-order valence-corrected chi connectivity index (χ1v) is 7.27. The lowest BCUT2D eigenvalue weighted by Gasteiger charge is -2.25. The fraction of sp³-hybridized carbons (Fsp3) is 0.467. The number of amides is 3. The van der Waals surface area contributed by atoms with Crippen molar-refractivity contribution in [2.24, 2.45) is 0 Å². The molecule has 23 heavy (non-hydrogen) atoms. The number of carbonyl (C=O) groups excluding carboxylic acids is 2. The van der Waals surface area contributed by atoms with Crippen molar-refractivity contribution >= 4 is 17.6 Å². The van der Waals surface area contributed by atoms with Gasteiger partial charge in [0.2, 0.25) is 5.91 Å². The van der Waals surface area contributed by atoms with Crippen LogP contribution < -0.4 is 15.5 Å². The SMILES string of the molecule is CC(=O)N(CCNC(=O)NC1CC1)c1ccccc1C(F)(F)F. The molecule has 1 aliphatic carbocycles. The Kier molecular flexibility index (Phi) is 5.12. The number of hydrogen-bond acceptors (Lipinski definition) is 2. The third kappa shape index (κ3) is 4.87. The molecule has 1 fully saturated rings. The zero-order chi connectivity index (χ0) is 17.0. The molecule has 0 radical (unpaired) electrons. The van der Waals surface area contributed by atoms with Crippen molar-refractivity contribution in [3.05, 3.63) is 29.8 Å². The summed E-state index contributed by atoms with van der Waals surface area (Å²) in [5.74, 6) is -0.522. The van der Waals surface area contributed by atoms with Crippen molar-refractivity contribution in [2.75, 3.05) is 18.0 Å². The van der Waals surface area contributed by atoms with Crippen molar-refractivity contribution in [2.45, 2.75) is 32.0 Å². The van der Waals surface area contributed by atoms with Crippen LogP contribution in [0, 0.1) is 0 Å². The highest BCUT2D eigenvalue weighted by atomic mass is 19.4. The Morgan fingerprint density at radius 3 is 2.48 bits per heavy atom. The van der Waals surface area contributed by atoms with Crippen LogP contribution in [0.4, 0.5) is 23.7 Å². The zero-order valence-corrected chi connectivity index (χ0v) is 12.6. The van der Waals surface area contributed by atoms with Crippen LogP contribution in [0.5, 0.6) is 0 Å². The smallest absolute Gasteiger partial charge is 0.336 e. The summed E-state index contributed by atoms with van der Waals surface area (Å²) in [4.78, 5) is 24.2. The monoisotopic (exact) mass is 329 g/mol. The van der Waals surface area contributed by atoms with E-state index in [1.54, 1.807) is 0 Å². The van der Waals surface area contributed by atoms with Gasteiger partial charge in [-0.2, -0.15) is 13.2 Å². The molecule has 3 amide bonds. The molecule has 0 heterocycles. The highest BCUT2D eigenvalue weighted by Crippen LogP contribution is 2.36. The molecule has 1 saturated carbocycles. The molecule has 1 aromatic carbocycles. The van der Waals surface area contributed by atoms with Gasteiger partial charge in [0.05, 0.1) is 11.3 Å². The van der Waals surface area contributed by atoms with Crippen molar-refractivity contribution < 1.29 is 22.8 Å². The first-order valence-electron chi connectivity index (χ1n) is 7.27. The quantitative estimate of drug-likeness (QED) is 0.872. The third-order valence-corrected chi connectivity index (χ3v) is 3.41. The zero-order valence-electron chi connectivity index (χ0n) is 12.6. The highest BCUT2D eigenvalue weighted by Gasteiger charge is 2.35. The molecule has 5 nitrogen and oxygen atoms in total. The van der Waals surface area contributed by atoms with Crippen molar-refractivity contribution in [3.8, 4) is 0 Å². The Hall–Kier alpha value is -2.25. The van der Waals surface area contributed by atoms with Crippen molar-refractivity contribution in [1.82, 2.24) is 10.6 Å². The van der Waals surface area contributed by atoms with Gasteiger partial charge < -0.3 is 15.5 Å². The lowest BCUT2D eigenvalue weighted by atomic mass is 10.1. The summed E-state index contributed by atoms with van der Waals surface area (Å²) >= 11 is 0. The average molecular weight is 329 g/mol. The summed E-state index contributed by atoms with van der Waals surface area (Å²) in [6.07, 6.45) is -2.68. The molecule has 0 spiro atoms. The van der Waals surface area contributed by atoms with E-state index in [4.69, 9.17) is 0 Å². The average Bonchev–Trinajstić information content (AvgIpc) is 3.26. The summed E-state index contributed by atoms with van der Waals surface area (Å²) in [5, 5.41) is 5.24. The van der Waals surface area contributed by atoms with Gasteiger partial charge in [0, 0.05) is 26.1 Å². The number of anilines is 1. The minimum absolute atomic E-state index is 0.0412. The van der Waals surface area contributed by atoms with Gasteiger partial charge in [0.25, 0.3) is 0 Å². The van der Waals surface area contributed by atoms with Crippen LogP contribution in [0.1, 0.15) is 25.3 Å². The van der Waals surface area contributed by atoms with E-state index in [1.807, 2.05) is 0 Å². The molecule has 0 atom stereocenters. The Morgan fingerprint density at radius 2 is 1.91 bits per heavy atom. The number of carbonyl (C=O) groups is 2. The minimum Gasteiger partial charge on any atom is -0.336 e. The van der Waals surface area contributed by atoms with E-state index in [0.717, 1.165) is 23.8 Å². The number of nitrogens with one attached hydrogen (secondary N) is 2. The number of halogens is 3. The molecule has 0 aromatic heterocycles. The number of alkyl halides is 3. The standard InChI is InChI=1S/C15H18F3N3O2/c1-10(22)21(9-8-19-14(23)20-11-6-7-11)13-5-3-2-4-12(13)15(16,17)18/h2-5,11H,6-9H2,1H3,(H2,19,20,23). The second kappa shape index (κ2) is 6.89. The highest BCUT2D eigenvalue weighted by molar-refractivity contribution is 5.92. The second-order valence-corrected chi connectivity index (χ2v) is 5.36. The van der Waals surface area contributed by atoms with E-state index >= 15 is 0 Å². The Balaban J connectivity index is 2.03. The lowest BCUT2D eigenvalue weighted by Crippen LogP contribution is -2.42. The summed E-state index contributed by atoms with van der Waals surface area (Å²) in [6, 6.07) is 4.69. The first kappa shape index (κ1) is 17.1. The van der Waals surface area contributed by atoms with Gasteiger partial charge in [-0.05, 0) is 25.0 Å². The molecule has 2 N–H and O–H groups in total. The predicted molar refractivity (Wildman–Crippen MR) is 79.0 cm³/mol. The fourth-order valence-corrected chi connectivity index (χ4v) is 2.14. The van der Waals surface area contributed by atoms with Gasteiger partial charge in [-0.3, -0.25) is 4.79 Å². The molecule has 2 rings (SSSR count). The molecule has 8 heteroatoms. The summed E-state index contributed by atoms with van der Waals surface area (Å²) in [7, 11) is 0. The van der Waals surface area contributed by atoms with E-state index in [0.29, 0.717) is 0 Å². The van der Waals surface area contributed by atoms with E-state index < -0.39 is 17.6 Å². The van der Waals surface area contributed by atoms with Crippen LogP contribution in [-0.2, 0) is 11.0 Å². The number of para-hydroxylation sites is 1. The maximum atomic E-state index is 13.1. The number of hydrogen-bond donors (Lipinski definition) is 2. The van der Waals surface area contributed by atoms with Crippen LogP contribution in [0.25, 0.3) is 0 Å². The number of benzene rings is 1. The number of nitrogens with zero attached hydrogens (tertiary/aromatic N) is 1. The molecule has 0 aliphatic heterocycles. The van der Waals surface area contributed by atoms with Crippen LogP contribution in [0.15, 0.2) is 24.3 Å². The minimum atomic E-state index is -4.55. The molecule has 126 valence electrons. The van der Waals surface area contributed by atoms with E-state index in [-0.39, 0.29) is 30.8 Å². The normalized spacial score (nSPS) is 14.3. The van der Waals surface area contributed by atoms with Gasteiger partial charge in [0.15, 0.2) is 0 Å². The van der Waals surface area contributed by atoms with Gasteiger partial charge in [-0.25, -0.2) is 4.79 Å². The van der Waals surface area contributed by atoms with Crippen LogP contribution in [0.3, 0.4) is 0 Å². The largest absolute Gasteiger partial charge is 0.418 e. The summed E-state index contributed by atoms with van der Waals surface area (Å²) in [5.41, 5.74) is -1.09. The van der Waals surface area contributed by atoms with E-state index in [9.17, 15) is 22.8 Å². The number of urea groups is 1. The summed E-state index contributed by atoms with van der Waals surface area (Å²) in [6.45, 7) is 1.21. The molecule has 1 aliphatic rings. The van der Waals surface area contributed by atoms with Gasteiger partial charge >= 0.3 is 12.2 Å². The van der Waals surface area contributed by atoms with E-state index in [2.05, 4.69) is 10.6 Å². The maximum Gasteiger partial charge on any atom is 0.418 e. The summed E-state index contributed by atoms with van der Waals surface area (Å²) < 4.78 is 39.2. The Morgan fingerprint density at radius 1 is 1.26 bits per heavy atom. The lowest BCUT2D eigenvalue weighted by molar-refractivity contribution is -0.137. The topological polar surface area (TPSA) is 61.4 Å². The third-order valence-electron chi connectivity index (χ3n) is 3.41. The van der Waals surface area contributed by atoms with Gasteiger partial charge in [0.1, 0.15) is 0 Å². The Bertz CT molecular complexity index is 586. The van der Waals surface area contributed by atoms with Crippen LogP contribution >= 0.6 is 0 Å². The van der Waals surface area contributed by atoms with Gasteiger partial charge in [-0.1, -0.05) is 12.1 Å². The molecular weight excluding hydrogens is 311 g/mol. The predicted octanol–water partition coefficient (Wildman–Crippen LogP) is 2.52. The molecule has 0 unspecified atom stereocenters. The maximum absolute atomic E-state index is 13.1. The molecular formula is C15H18F3N3O2. The molecule has 1 aromatic rings. The Labute approximate surface area is 131 Å². The first-order chi connectivity index (χ1) is 10.8. The van der Waals surface area contributed by atoms with Gasteiger partial charge in [-0.15, -0.1) is 0 Å². The van der Waals surface area contributed by atoms with Crippen molar-refractivity contribution in [3.63, 3.8) is 0 Å². The second-order valence-electron chi connectivity index (χ2n) is 5.36. The number of rotatable bonds is 5. The van der Waals surface area contributed by atoms with Crippen LogP contribution in [-0.4, -0.2) is 31.1 Å². The van der Waals surface area contributed by atoms with E-state index in [1.165, 1.54) is 25.1 Å². The van der Waals surface area contributed by atoms with Crippen molar-refractivity contribution in [1.29, 1.82) is 0 Å².